The van der Waals surface area contributed by atoms with Crippen LogP contribution in [0.5, 0.6) is 0 Å². The van der Waals surface area contributed by atoms with Crippen LogP contribution < -0.4 is 0 Å². The molecule has 0 radical (unpaired) electrons. The summed E-state index contributed by atoms with van der Waals surface area (Å²) < 4.78 is 11.5. The number of aliphatic hydroxyl groups excluding tert-OH is 1. The monoisotopic (exact) mass is 391 g/mol. The zero-order valence-corrected chi connectivity index (χ0v) is 17.9. The predicted molar refractivity (Wildman–Crippen MR) is 107 cm³/mol. The zero-order valence-electron chi connectivity index (χ0n) is 17.9. The third-order valence-electron chi connectivity index (χ3n) is 5.39. The molecular weight excluding hydrogens is 358 g/mol. The van der Waals surface area contributed by atoms with Crippen molar-refractivity contribution in [3.05, 3.63) is 35.9 Å². The SMILES string of the molecule is CC(C)[C@@H]1N(C(=O)[C@@](C)(OCc2ccccc2)[C@@H](O)C(C)C)C(=O)OC1(C)C. The molecule has 6 heteroatoms. The van der Waals surface area contributed by atoms with Gasteiger partial charge in [0.05, 0.1) is 18.8 Å². The van der Waals surface area contributed by atoms with E-state index in [1.165, 1.54) is 0 Å². The van der Waals surface area contributed by atoms with Crippen molar-refractivity contribution in [2.75, 3.05) is 0 Å². The van der Waals surface area contributed by atoms with E-state index >= 15 is 0 Å². The van der Waals surface area contributed by atoms with Crippen LogP contribution in [-0.4, -0.2) is 45.4 Å². The van der Waals surface area contributed by atoms with Crippen molar-refractivity contribution in [1.29, 1.82) is 0 Å². The molecule has 156 valence electrons. The van der Waals surface area contributed by atoms with E-state index in [0.29, 0.717) is 0 Å². The number of carbonyl (C=O) groups excluding carboxylic acids is 2. The molecule has 0 aliphatic carbocycles. The number of amides is 2. The van der Waals surface area contributed by atoms with Gasteiger partial charge in [-0.25, -0.2) is 9.69 Å². The van der Waals surface area contributed by atoms with E-state index in [2.05, 4.69) is 0 Å². The van der Waals surface area contributed by atoms with E-state index < -0.39 is 35.3 Å². The Bertz CT molecular complexity index is 700. The first-order chi connectivity index (χ1) is 12.9. The topological polar surface area (TPSA) is 76.1 Å². The van der Waals surface area contributed by atoms with Gasteiger partial charge < -0.3 is 14.6 Å². The van der Waals surface area contributed by atoms with Gasteiger partial charge in [-0.2, -0.15) is 0 Å². The molecule has 28 heavy (non-hydrogen) atoms. The molecule has 0 bridgehead atoms. The van der Waals surface area contributed by atoms with Crippen molar-refractivity contribution in [2.24, 2.45) is 11.8 Å². The number of nitrogens with zero attached hydrogens (tertiary/aromatic N) is 1. The minimum Gasteiger partial charge on any atom is -0.441 e. The molecule has 1 aliphatic heterocycles. The highest BCUT2D eigenvalue weighted by Gasteiger charge is 2.57. The average molecular weight is 392 g/mol. The van der Waals surface area contributed by atoms with Gasteiger partial charge in [0.2, 0.25) is 0 Å². The van der Waals surface area contributed by atoms with E-state index in [-0.39, 0.29) is 18.4 Å². The minimum absolute atomic E-state index is 0.0139. The van der Waals surface area contributed by atoms with Crippen LogP contribution in [0.15, 0.2) is 30.3 Å². The molecule has 0 unspecified atom stereocenters. The van der Waals surface area contributed by atoms with Gasteiger partial charge in [0.15, 0.2) is 5.60 Å². The predicted octanol–water partition coefficient (Wildman–Crippen LogP) is 3.76. The fourth-order valence-electron chi connectivity index (χ4n) is 4.03. The Morgan fingerprint density at radius 2 is 1.82 bits per heavy atom. The molecule has 2 rings (SSSR count). The molecule has 3 atom stereocenters. The number of cyclic esters (lactones) is 1. The summed E-state index contributed by atoms with van der Waals surface area (Å²) in [6, 6.07) is 8.98. The van der Waals surface area contributed by atoms with Gasteiger partial charge in [0.25, 0.3) is 5.91 Å². The van der Waals surface area contributed by atoms with Crippen molar-refractivity contribution in [2.45, 2.75) is 78.4 Å². The van der Waals surface area contributed by atoms with Crippen LogP contribution >= 0.6 is 0 Å². The maximum Gasteiger partial charge on any atom is 0.417 e. The van der Waals surface area contributed by atoms with E-state index in [1.807, 2.05) is 58.0 Å². The molecule has 1 N–H and O–H groups in total. The van der Waals surface area contributed by atoms with Crippen molar-refractivity contribution in [3.63, 3.8) is 0 Å². The molecule has 0 saturated carbocycles. The maximum absolute atomic E-state index is 13.6. The highest BCUT2D eigenvalue weighted by atomic mass is 16.6. The van der Waals surface area contributed by atoms with Crippen LogP contribution in [0.1, 0.15) is 54.0 Å². The van der Waals surface area contributed by atoms with Crippen LogP contribution in [0, 0.1) is 11.8 Å². The lowest BCUT2D eigenvalue weighted by atomic mass is 9.85. The Labute approximate surface area is 167 Å². The van der Waals surface area contributed by atoms with E-state index in [9.17, 15) is 14.7 Å². The van der Waals surface area contributed by atoms with E-state index in [4.69, 9.17) is 9.47 Å². The summed E-state index contributed by atoms with van der Waals surface area (Å²) in [7, 11) is 0. The summed E-state index contributed by atoms with van der Waals surface area (Å²) in [6.07, 6.45) is -1.78. The third-order valence-corrected chi connectivity index (χ3v) is 5.39. The molecule has 0 spiro atoms. The number of benzene rings is 1. The van der Waals surface area contributed by atoms with Crippen LogP contribution in [0.3, 0.4) is 0 Å². The normalized spacial score (nSPS) is 22.3. The first-order valence-corrected chi connectivity index (χ1v) is 9.84. The summed E-state index contributed by atoms with van der Waals surface area (Å²) in [4.78, 5) is 27.3. The molecule has 2 amide bonds. The first kappa shape index (κ1) is 22.4. The van der Waals surface area contributed by atoms with Crippen molar-refractivity contribution in [1.82, 2.24) is 4.90 Å². The second-order valence-electron chi connectivity index (χ2n) is 8.91. The molecule has 1 heterocycles. The minimum atomic E-state index is -1.59. The molecule has 1 aromatic carbocycles. The molecule has 6 nitrogen and oxygen atoms in total. The number of aliphatic hydroxyl groups is 1. The summed E-state index contributed by atoms with van der Waals surface area (Å²) >= 11 is 0. The fourth-order valence-corrected chi connectivity index (χ4v) is 4.03. The maximum atomic E-state index is 13.6. The highest BCUT2D eigenvalue weighted by Crippen LogP contribution is 2.37. The Morgan fingerprint density at radius 1 is 1.25 bits per heavy atom. The smallest absolute Gasteiger partial charge is 0.417 e. The van der Waals surface area contributed by atoms with E-state index in [0.717, 1.165) is 10.5 Å². The molecule has 1 fully saturated rings. The second-order valence-corrected chi connectivity index (χ2v) is 8.91. The van der Waals surface area contributed by atoms with Gasteiger partial charge in [-0.1, -0.05) is 58.0 Å². The Balaban J connectivity index is 2.39. The van der Waals surface area contributed by atoms with Crippen LogP contribution in [0.4, 0.5) is 4.79 Å². The molecular formula is C22H33NO5. The zero-order chi connectivity index (χ0) is 21.3. The Kier molecular flexibility index (Phi) is 6.56. The summed E-state index contributed by atoms with van der Waals surface area (Å²) in [5.41, 5.74) is -1.53. The quantitative estimate of drug-likeness (QED) is 0.766. The number of hydrogen-bond donors (Lipinski definition) is 1. The number of rotatable bonds is 7. The largest absolute Gasteiger partial charge is 0.441 e. The Hall–Kier alpha value is -1.92. The van der Waals surface area contributed by atoms with Gasteiger partial charge in [0, 0.05) is 0 Å². The number of carbonyl (C=O) groups is 2. The lowest BCUT2D eigenvalue weighted by Gasteiger charge is -2.39. The molecule has 1 saturated heterocycles. The van der Waals surface area contributed by atoms with E-state index in [1.54, 1.807) is 20.8 Å². The Morgan fingerprint density at radius 3 is 2.32 bits per heavy atom. The second kappa shape index (κ2) is 8.21. The van der Waals surface area contributed by atoms with Gasteiger partial charge in [-0.3, -0.25) is 4.79 Å². The number of ether oxygens (including phenoxy) is 2. The number of imide groups is 1. The van der Waals surface area contributed by atoms with Gasteiger partial charge in [-0.05, 0) is 38.2 Å². The highest BCUT2D eigenvalue weighted by molar-refractivity contribution is 5.99. The fraction of sp³-hybridized carbons (Fsp3) is 0.636. The molecule has 0 aromatic heterocycles. The van der Waals surface area contributed by atoms with Gasteiger partial charge in [-0.15, -0.1) is 0 Å². The summed E-state index contributed by atoms with van der Waals surface area (Å²) in [6.45, 7) is 12.8. The van der Waals surface area contributed by atoms with Gasteiger partial charge in [0.1, 0.15) is 5.60 Å². The third kappa shape index (κ3) is 4.23. The van der Waals surface area contributed by atoms with Crippen LogP contribution in [0.2, 0.25) is 0 Å². The molecule has 1 aromatic rings. The van der Waals surface area contributed by atoms with Crippen LogP contribution in [-0.2, 0) is 20.9 Å². The average Bonchev–Trinajstić information content (AvgIpc) is 2.87. The number of hydrogen-bond acceptors (Lipinski definition) is 5. The summed E-state index contributed by atoms with van der Waals surface area (Å²) in [5.74, 6) is -0.826. The lowest BCUT2D eigenvalue weighted by Crippen LogP contribution is -2.61. The first-order valence-electron chi connectivity index (χ1n) is 9.84. The molecule has 1 aliphatic rings. The lowest BCUT2D eigenvalue weighted by molar-refractivity contribution is -0.179. The summed E-state index contributed by atoms with van der Waals surface area (Å²) in [5, 5.41) is 10.9. The standard InChI is InChI=1S/C22H33NO5/c1-14(2)17-21(5,6)28-20(26)23(17)19(25)22(7,18(24)15(3)4)27-13-16-11-9-8-10-12-16/h8-12,14-15,17-18,24H,13H2,1-7H3/t17-,18-,22-/m0/s1. The van der Waals surface area contributed by atoms with Crippen molar-refractivity contribution < 1.29 is 24.2 Å². The van der Waals surface area contributed by atoms with Crippen LogP contribution in [0.25, 0.3) is 0 Å². The van der Waals surface area contributed by atoms with Crippen molar-refractivity contribution in [3.8, 4) is 0 Å². The van der Waals surface area contributed by atoms with Gasteiger partial charge >= 0.3 is 6.09 Å². The van der Waals surface area contributed by atoms with Crippen molar-refractivity contribution >= 4 is 12.0 Å².